The number of hydrogen-bond donors (Lipinski definition) is 2. The largest absolute Gasteiger partial charge is 0.458 e. The summed E-state index contributed by atoms with van der Waals surface area (Å²) in [6, 6.07) is 1.36. The molecule has 0 amide bonds. The number of H-pyrrole nitrogens is 1. The van der Waals surface area contributed by atoms with Crippen molar-refractivity contribution in [3.05, 3.63) is 22.6 Å². The van der Waals surface area contributed by atoms with Gasteiger partial charge in [0, 0.05) is 18.8 Å². The van der Waals surface area contributed by atoms with Crippen molar-refractivity contribution < 1.29 is 9.13 Å². The van der Waals surface area contributed by atoms with Crippen LogP contribution in [0.3, 0.4) is 0 Å². The highest BCUT2D eigenvalue weighted by atomic mass is 19.1. The zero-order valence-electron chi connectivity index (χ0n) is 8.07. The van der Waals surface area contributed by atoms with Crippen LogP contribution in [0.4, 0.5) is 4.39 Å². The van der Waals surface area contributed by atoms with E-state index in [4.69, 9.17) is 4.74 Å². The Kier molecular flexibility index (Phi) is 2.96. The third kappa shape index (κ3) is 2.53. The van der Waals surface area contributed by atoms with Gasteiger partial charge < -0.3 is 10.1 Å². The minimum atomic E-state index is -1.07. The summed E-state index contributed by atoms with van der Waals surface area (Å²) < 4.78 is 18.6. The fourth-order valence-corrected chi connectivity index (χ4v) is 1.48. The molecule has 2 atom stereocenters. The summed E-state index contributed by atoms with van der Waals surface area (Å²) in [4.78, 5) is 17.1. The van der Waals surface area contributed by atoms with E-state index in [1.807, 2.05) is 0 Å². The first kappa shape index (κ1) is 10.1. The van der Waals surface area contributed by atoms with Gasteiger partial charge >= 0.3 is 0 Å². The molecule has 0 unspecified atom stereocenters. The topological polar surface area (TPSA) is 67.0 Å². The van der Waals surface area contributed by atoms with E-state index in [1.54, 1.807) is 0 Å². The number of nitrogens with zero attached hydrogens (tertiary/aromatic N) is 1. The van der Waals surface area contributed by atoms with Crippen LogP contribution in [-0.4, -0.2) is 35.3 Å². The van der Waals surface area contributed by atoms with Gasteiger partial charge in [0.25, 0.3) is 11.6 Å². The van der Waals surface area contributed by atoms with Gasteiger partial charge in [0.2, 0.25) is 0 Å². The summed E-state index contributed by atoms with van der Waals surface area (Å²) in [6.45, 7) is 0.990. The molecule has 6 heteroatoms. The molecule has 1 aliphatic rings. The molecule has 0 radical (unpaired) electrons. The Balaban J connectivity index is 2.04. The van der Waals surface area contributed by atoms with Gasteiger partial charge in [-0.3, -0.25) is 9.78 Å². The van der Waals surface area contributed by atoms with Crippen molar-refractivity contribution in [1.82, 2.24) is 15.3 Å². The van der Waals surface area contributed by atoms with Crippen LogP contribution < -0.4 is 15.6 Å². The number of aromatic amines is 1. The molecule has 1 aromatic rings. The monoisotopic (exact) mass is 213 g/mol. The SMILES string of the molecule is O=c1ccnc(O[C@@H]2CCNC[C@H]2F)[nH]1. The molecule has 2 N–H and O–H groups in total. The predicted molar refractivity (Wildman–Crippen MR) is 51.7 cm³/mol. The second-order valence-electron chi connectivity index (χ2n) is 3.40. The molecule has 1 fully saturated rings. The van der Waals surface area contributed by atoms with E-state index in [-0.39, 0.29) is 18.1 Å². The highest BCUT2D eigenvalue weighted by molar-refractivity contribution is 4.96. The number of hydrogen-bond acceptors (Lipinski definition) is 4. The van der Waals surface area contributed by atoms with E-state index in [2.05, 4.69) is 15.3 Å². The maximum atomic E-state index is 13.3. The number of halogens is 1. The van der Waals surface area contributed by atoms with E-state index in [0.29, 0.717) is 13.0 Å². The van der Waals surface area contributed by atoms with E-state index in [1.165, 1.54) is 12.3 Å². The van der Waals surface area contributed by atoms with Crippen molar-refractivity contribution in [1.29, 1.82) is 0 Å². The standard InChI is InChI=1S/C9H12FN3O2/c10-6-5-11-3-1-7(6)15-9-12-4-2-8(14)13-9/h2,4,6-7,11H,1,3,5H2,(H,12,13,14)/t6-,7-/m1/s1. The third-order valence-electron chi connectivity index (χ3n) is 2.26. The molecule has 82 valence electrons. The van der Waals surface area contributed by atoms with Gasteiger partial charge in [0.15, 0.2) is 0 Å². The average molecular weight is 213 g/mol. The van der Waals surface area contributed by atoms with Gasteiger partial charge in [-0.1, -0.05) is 0 Å². The molecule has 2 heterocycles. The summed E-state index contributed by atoms with van der Waals surface area (Å²) in [6.07, 6.45) is 0.309. The summed E-state index contributed by atoms with van der Waals surface area (Å²) in [7, 11) is 0. The van der Waals surface area contributed by atoms with Crippen LogP contribution in [0.15, 0.2) is 17.1 Å². The lowest BCUT2D eigenvalue weighted by Crippen LogP contribution is -2.44. The van der Waals surface area contributed by atoms with Crippen LogP contribution >= 0.6 is 0 Å². The molecule has 1 aromatic heterocycles. The Bertz CT molecular complexity index is 382. The molecule has 0 aromatic carbocycles. The van der Waals surface area contributed by atoms with Crippen molar-refractivity contribution in [2.75, 3.05) is 13.1 Å². The third-order valence-corrected chi connectivity index (χ3v) is 2.26. The second-order valence-corrected chi connectivity index (χ2v) is 3.40. The van der Waals surface area contributed by atoms with Crippen LogP contribution in [0.25, 0.3) is 0 Å². The number of ether oxygens (including phenoxy) is 1. The van der Waals surface area contributed by atoms with Crippen molar-refractivity contribution in [3.63, 3.8) is 0 Å². The van der Waals surface area contributed by atoms with Crippen LogP contribution in [0.5, 0.6) is 6.01 Å². The summed E-state index contributed by atoms with van der Waals surface area (Å²) in [5, 5.41) is 2.91. The lowest BCUT2D eigenvalue weighted by atomic mass is 10.1. The van der Waals surface area contributed by atoms with Gasteiger partial charge in [-0.15, -0.1) is 0 Å². The highest BCUT2D eigenvalue weighted by Crippen LogP contribution is 2.13. The molecule has 0 aliphatic carbocycles. The van der Waals surface area contributed by atoms with Crippen molar-refractivity contribution >= 4 is 0 Å². The van der Waals surface area contributed by atoms with Crippen LogP contribution in [0, 0.1) is 0 Å². The Morgan fingerprint density at radius 3 is 3.20 bits per heavy atom. The fourth-order valence-electron chi connectivity index (χ4n) is 1.48. The second kappa shape index (κ2) is 4.39. The van der Waals surface area contributed by atoms with Crippen LogP contribution in [0.1, 0.15) is 6.42 Å². The first-order valence-corrected chi connectivity index (χ1v) is 4.82. The van der Waals surface area contributed by atoms with Crippen molar-refractivity contribution in [2.45, 2.75) is 18.7 Å². The van der Waals surface area contributed by atoms with Gasteiger partial charge in [-0.05, 0) is 13.0 Å². The molecular formula is C9H12FN3O2. The van der Waals surface area contributed by atoms with Gasteiger partial charge in [-0.2, -0.15) is 0 Å². The minimum Gasteiger partial charge on any atom is -0.458 e. The fraction of sp³-hybridized carbons (Fsp3) is 0.556. The maximum Gasteiger partial charge on any atom is 0.296 e. The van der Waals surface area contributed by atoms with Gasteiger partial charge in [0.1, 0.15) is 12.3 Å². The molecule has 1 saturated heterocycles. The average Bonchev–Trinajstić information content (AvgIpc) is 2.22. The Hall–Kier alpha value is -1.43. The lowest BCUT2D eigenvalue weighted by molar-refractivity contribution is 0.0650. The minimum absolute atomic E-state index is 0.0806. The summed E-state index contributed by atoms with van der Waals surface area (Å²) in [5.41, 5.74) is -0.302. The number of rotatable bonds is 2. The smallest absolute Gasteiger partial charge is 0.296 e. The molecule has 2 rings (SSSR count). The van der Waals surface area contributed by atoms with Crippen LogP contribution in [-0.2, 0) is 0 Å². The summed E-state index contributed by atoms with van der Waals surface area (Å²) >= 11 is 0. The first-order chi connectivity index (χ1) is 7.25. The Morgan fingerprint density at radius 2 is 2.47 bits per heavy atom. The van der Waals surface area contributed by atoms with Crippen molar-refractivity contribution in [2.24, 2.45) is 0 Å². The number of nitrogens with one attached hydrogen (secondary N) is 2. The number of alkyl halides is 1. The maximum absolute atomic E-state index is 13.3. The number of piperidine rings is 1. The normalized spacial score (nSPS) is 26.2. The summed E-state index contributed by atoms with van der Waals surface area (Å²) in [5.74, 6) is 0. The zero-order chi connectivity index (χ0) is 10.7. The van der Waals surface area contributed by atoms with Crippen LogP contribution in [0.2, 0.25) is 0 Å². The van der Waals surface area contributed by atoms with Gasteiger partial charge in [-0.25, -0.2) is 9.37 Å². The lowest BCUT2D eigenvalue weighted by Gasteiger charge is -2.26. The predicted octanol–water partition coefficient (Wildman–Crippen LogP) is -0.151. The van der Waals surface area contributed by atoms with E-state index < -0.39 is 12.3 Å². The molecule has 0 spiro atoms. The van der Waals surface area contributed by atoms with E-state index in [0.717, 1.165) is 0 Å². The van der Waals surface area contributed by atoms with E-state index >= 15 is 0 Å². The Morgan fingerprint density at radius 1 is 1.60 bits per heavy atom. The molecule has 0 bridgehead atoms. The first-order valence-electron chi connectivity index (χ1n) is 4.82. The quantitative estimate of drug-likeness (QED) is 0.717. The molecule has 5 nitrogen and oxygen atoms in total. The molecular weight excluding hydrogens is 201 g/mol. The number of aromatic nitrogens is 2. The van der Waals surface area contributed by atoms with Gasteiger partial charge in [0.05, 0.1) is 0 Å². The Labute approximate surface area is 85.7 Å². The molecule has 1 aliphatic heterocycles. The van der Waals surface area contributed by atoms with Crippen molar-refractivity contribution in [3.8, 4) is 6.01 Å². The molecule has 0 saturated carbocycles. The zero-order valence-corrected chi connectivity index (χ0v) is 8.07. The van der Waals surface area contributed by atoms with E-state index in [9.17, 15) is 9.18 Å². The highest BCUT2D eigenvalue weighted by Gasteiger charge is 2.26. The molecule has 15 heavy (non-hydrogen) atoms.